The van der Waals surface area contributed by atoms with E-state index in [2.05, 4.69) is 4.90 Å². The van der Waals surface area contributed by atoms with Gasteiger partial charge in [-0.2, -0.15) is 0 Å². The molecule has 0 saturated carbocycles. The Morgan fingerprint density at radius 2 is 1.77 bits per heavy atom. The number of aromatic nitrogens is 1. The van der Waals surface area contributed by atoms with Gasteiger partial charge in [-0.15, -0.1) is 0 Å². The predicted molar refractivity (Wildman–Crippen MR) is 118 cm³/mol. The van der Waals surface area contributed by atoms with Gasteiger partial charge in [-0.25, -0.2) is 22.5 Å². The van der Waals surface area contributed by atoms with E-state index in [1.807, 2.05) is 12.1 Å². The van der Waals surface area contributed by atoms with Crippen LogP contribution in [0.5, 0.6) is 5.75 Å². The zero-order valence-electron chi connectivity index (χ0n) is 16.9. The van der Waals surface area contributed by atoms with Crippen LogP contribution >= 0.6 is 11.3 Å². The van der Waals surface area contributed by atoms with Gasteiger partial charge in [0.15, 0.2) is 5.13 Å². The average Bonchev–Trinajstić information content (AvgIpc) is 3.18. The van der Waals surface area contributed by atoms with Crippen LogP contribution in [0, 0.1) is 0 Å². The maximum Gasteiger partial charge on any atom is 0.343 e. The Morgan fingerprint density at radius 1 is 1.07 bits per heavy atom. The molecule has 0 bridgehead atoms. The standard InChI is InChI=1S/C21H23N3O4S2/c1-23(2)30(26,27)17-9-6-15(7-10-17)20(25)28-16-8-11-18-19(14-16)29-21(22-18)24-12-4-3-5-13-24/h6-11,14H,3-5,12-13H2,1-2H3. The highest BCUT2D eigenvalue weighted by Gasteiger charge is 2.19. The summed E-state index contributed by atoms with van der Waals surface area (Å²) in [4.78, 5) is 19.6. The molecule has 3 aromatic rings. The van der Waals surface area contributed by atoms with E-state index in [0.29, 0.717) is 5.75 Å². The van der Waals surface area contributed by atoms with Crippen molar-refractivity contribution in [3.8, 4) is 5.75 Å². The highest BCUT2D eigenvalue weighted by atomic mass is 32.2. The number of carbonyl (C=O) groups excluding carboxylic acids is 1. The van der Waals surface area contributed by atoms with Crippen molar-refractivity contribution in [2.45, 2.75) is 24.2 Å². The van der Waals surface area contributed by atoms with Crippen LogP contribution in [0.25, 0.3) is 10.2 Å². The van der Waals surface area contributed by atoms with Crippen LogP contribution in [0.1, 0.15) is 29.6 Å². The largest absolute Gasteiger partial charge is 0.423 e. The molecule has 1 aromatic heterocycles. The molecule has 1 aliphatic rings. The average molecular weight is 446 g/mol. The molecule has 0 radical (unpaired) electrons. The summed E-state index contributed by atoms with van der Waals surface area (Å²) >= 11 is 1.60. The summed E-state index contributed by atoms with van der Waals surface area (Å²) < 4.78 is 31.9. The van der Waals surface area contributed by atoms with E-state index in [1.165, 1.54) is 57.6 Å². The minimum absolute atomic E-state index is 0.125. The molecule has 1 fully saturated rings. The third-order valence-corrected chi connectivity index (χ3v) is 7.96. The number of sulfonamides is 1. The molecule has 158 valence electrons. The quantitative estimate of drug-likeness (QED) is 0.440. The van der Waals surface area contributed by atoms with E-state index >= 15 is 0 Å². The predicted octanol–water partition coefficient (Wildman–Crippen LogP) is 3.76. The first-order valence-electron chi connectivity index (χ1n) is 9.75. The molecular formula is C21H23N3O4S2. The third kappa shape index (κ3) is 4.19. The highest BCUT2D eigenvalue weighted by molar-refractivity contribution is 7.89. The molecule has 30 heavy (non-hydrogen) atoms. The molecular weight excluding hydrogens is 422 g/mol. The number of ether oxygens (including phenoxy) is 1. The number of hydrogen-bond donors (Lipinski definition) is 0. The lowest BCUT2D eigenvalue weighted by molar-refractivity contribution is 0.0735. The summed E-state index contributed by atoms with van der Waals surface area (Å²) in [6.45, 7) is 2.06. The van der Waals surface area contributed by atoms with Crippen LogP contribution in [0.2, 0.25) is 0 Å². The number of esters is 1. The van der Waals surface area contributed by atoms with Gasteiger partial charge < -0.3 is 9.64 Å². The van der Waals surface area contributed by atoms with Crippen molar-refractivity contribution >= 4 is 42.7 Å². The second-order valence-electron chi connectivity index (χ2n) is 7.38. The second-order valence-corrected chi connectivity index (χ2v) is 10.5. The van der Waals surface area contributed by atoms with Gasteiger partial charge in [0.1, 0.15) is 5.75 Å². The fourth-order valence-corrected chi connectivity index (χ4v) is 5.26. The number of thiazole rings is 1. The van der Waals surface area contributed by atoms with Gasteiger partial charge in [0, 0.05) is 33.3 Å². The number of rotatable bonds is 5. The van der Waals surface area contributed by atoms with Crippen molar-refractivity contribution in [1.82, 2.24) is 9.29 Å². The monoisotopic (exact) mass is 445 g/mol. The third-order valence-electron chi connectivity index (χ3n) is 5.05. The number of benzene rings is 2. The number of nitrogens with zero attached hydrogens (tertiary/aromatic N) is 3. The lowest BCUT2D eigenvalue weighted by Gasteiger charge is -2.25. The molecule has 7 nitrogen and oxygen atoms in total. The highest BCUT2D eigenvalue weighted by Crippen LogP contribution is 2.33. The lowest BCUT2D eigenvalue weighted by Crippen LogP contribution is -2.29. The molecule has 0 aliphatic carbocycles. The first-order valence-corrected chi connectivity index (χ1v) is 12.0. The Morgan fingerprint density at radius 3 is 2.43 bits per heavy atom. The van der Waals surface area contributed by atoms with Crippen LogP contribution in [0.3, 0.4) is 0 Å². The Labute approximate surface area is 179 Å². The first kappa shape index (κ1) is 20.8. The van der Waals surface area contributed by atoms with Crippen LogP contribution < -0.4 is 9.64 Å². The Balaban J connectivity index is 1.50. The minimum atomic E-state index is -3.54. The molecule has 9 heteroatoms. The number of fused-ring (bicyclic) bond motifs is 1. The summed E-state index contributed by atoms with van der Waals surface area (Å²) in [7, 11) is -0.614. The van der Waals surface area contributed by atoms with Crippen LogP contribution in [-0.2, 0) is 10.0 Å². The van der Waals surface area contributed by atoms with Gasteiger partial charge in [0.25, 0.3) is 0 Å². The van der Waals surface area contributed by atoms with Crippen molar-refractivity contribution in [3.05, 3.63) is 48.0 Å². The van der Waals surface area contributed by atoms with E-state index in [1.54, 1.807) is 17.4 Å². The summed E-state index contributed by atoms with van der Waals surface area (Å²) in [5.74, 6) is -0.102. The van der Waals surface area contributed by atoms with Crippen LogP contribution in [0.15, 0.2) is 47.4 Å². The minimum Gasteiger partial charge on any atom is -0.423 e. The zero-order chi connectivity index (χ0) is 21.3. The number of anilines is 1. The maximum absolute atomic E-state index is 12.5. The fraction of sp³-hybridized carbons (Fsp3) is 0.333. The number of hydrogen-bond acceptors (Lipinski definition) is 7. The molecule has 0 N–H and O–H groups in total. The Kier molecular flexibility index (Phi) is 5.77. The normalized spacial score (nSPS) is 15.0. The second kappa shape index (κ2) is 8.33. The van der Waals surface area contributed by atoms with Gasteiger partial charge in [-0.3, -0.25) is 0 Å². The molecule has 4 rings (SSSR count). The Hall–Kier alpha value is -2.49. The van der Waals surface area contributed by atoms with Crippen molar-refractivity contribution < 1.29 is 17.9 Å². The molecule has 0 spiro atoms. The van der Waals surface area contributed by atoms with Crippen molar-refractivity contribution in [1.29, 1.82) is 0 Å². The van der Waals surface area contributed by atoms with E-state index in [4.69, 9.17) is 9.72 Å². The summed E-state index contributed by atoms with van der Waals surface area (Å²) in [6, 6.07) is 11.1. The van der Waals surface area contributed by atoms with Gasteiger partial charge in [-0.1, -0.05) is 11.3 Å². The molecule has 0 amide bonds. The number of carbonyl (C=O) groups is 1. The van der Waals surface area contributed by atoms with E-state index in [-0.39, 0.29) is 10.5 Å². The van der Waals surface area contributed by atoms with E-state index < -0.39 is 16.0 Å². The lowest BCUT2D eigenvalue weighted by atomic mass is 10.1. The fourth-order valence-electron chi connectivity index (χ4n) is 3.32. The maximum atomic E-state index is 12.5. The summed E-state index contributed by atoms with van der Waals surface area (Å²) in [5.41, 5.74) is 1.17. The molecule has 2 heterocycles. The zero-order valence-corrected chi connectivity index (χ0v) is 18.5. The van der Waals surface area contributed by atoms with Gasteiger partial charge >= 0.3 is 5.97 Å². The summed E-state index contributed by atoms with van der Waals surface area (Å²) in [5, 5.41) is 1.01. The molecule has 1 aliphatic heterocycles. The van der Waals surface area contributed by atoms with Gasteiger partial charge in [0.05, 0.1) is 20.7 Å². The van der Waals surface area contributed by atoms with Crippen molar-refractivity contribution in [2.24, 2.45) is 0 Å². The van der Waals surface area contributed by atoms with E-state index in [0.717, 1.165) is 32.7 Å². The molecule has 1 saturated heterocycles. The summed E-state index contributed by atoms with van der Waals surface area (Å²) in [6.07, 6.45) is 3.64. The molecule has 0 unspecified atom stereocenters. The van der Waals surface area contributed by atoms with Crippen molar-refractivity contribution in [3.63, 3.8) is 0 Å². The van der Waals surface area contributed by atoms with Gasteiger partial charge in [0.2, 0.25) is 10.0 Å². The smallest absolute Gasteiger partial charge is 0.343 e. The molecule has 2 aromatic carbocycles. The topological polar surface area (TPSA) is 79.8 Å². The van der Waals surface area contributed by atoms with Gasteiger partial charge in [-0.05, 0) is 55.7 Å². The van der Waals surface area contributed by atoms with Crippen molar-refractivity contribution in [2.75, 3.05) is 32.1 Å². The van der Waals surface area contributed by atoms with Crippen LogP contribution in [-0.4, -0.2) is 50.9 Å². The molecule has 0 atom stereocenters. The van der Waals surface area contributed by atoms with E-state index in [9.17, 15) is 13.2 Å². The van der Waals surface area contributed by atoms with Crippen LogP contribution in [0.4, 0.5) is 5.13 Å². The Bertz CT molecular complexity index is 1160. The number of piperidine rings is 1. The first-order chi connectivity index (χ1) is 14.3. The SMILES string of the molecule is CN(C)S(=O)(=O)c1ccc(C(=O)Oc2ccc3nc(N4CCCCC4)sc3c2)cc1.